The largest absolute Gasteiger partial charge is 0.497 e. The predicted molar refractivity (Wildman–Crippen MR) is 106 cm³/mol. The van der Waals surface area contributed by atoms with Gasteiger partial charge >= 0.3 is 0 Å². The number of ether oxygens (including phenoxy) is 1. The molecule has 0 spiro atoms. The first-order chi connectivity index (χ1) is 12.5. The fourth-order valence-electron chi connectivity index (χ4n) is 2.73. The van der Waals surface area contributed by atoms with Gasteiger partial charge < -0.3 is 15.4 Å². The summed E-state index contributed by atoms with van der Waals surface area (Å²) in [6.45, 7) is 6.79. The van der Waals surface area contributed by atoms with E-state index in [1.165, 1.54) is 11.1 Å². The standard InChI is InChI=1S/C21H24N4O/c1-14-5-10-19(15(2)11-14)24-20-12-16(3)23-21(25-20)22-13-17-6-8-18(26-4)9-7-17/h5-12H,13H2,1-4H3,(H2,22,23,24,25). The summed E-state index contributed by atoms with van der Waals surface area (Å²) in [5.41, 5.74) is 5.53. The van der Waals surface area contributed by atoms with Gasteiger partial charge in [0.25, 0.3) is 0 Å². The Kier molecular flexibility index (Phi) is 5.37. The predicted octanol–water partition coefficient (Wildman–Crippen LogP) is 4.77. The first kappa shape index (κ1) is 17.7. The van der Waals surface area contributed by atoms with Gasteiger partial charge in [-0.05, 0) is 50.1 Å². The highest BCUT2D eigenvalue weighted by Crippen LogP contribution is 2.21. The molecule has 5 heteroatoms. The molecule has 134 valence electrons. The van der Waals surface area contributed by atoms with E-state index in [2.05, 4.69) is 52.6 Å². The fraction of sp³-hybridized carbons (Fsp3) is 0.238. The van der Waals surface area contributed by atoms with Gasteiger partial charge in [-0.15, -0.1) is 0 Å². The van der Waals surface area contributed by atoms with Crippen molar-refractivity contribution in [2.75, 3.05) is 17.7 Å². The Balaban J connectivity index is 1.72. The molecule has 3 rings (SSSR count). The SMILES string of the molecule is COc1ccc(CNc2nc(C)cc(Nc3ccc(C)cc3C)n2)cc1. The second-order valence-electron chi connectivity index (χ2n) is 6.36. The number of benzene rings is 2. The highest BCUT2D eigenvalue weighted by Gasteiger charge is 2.05. The van der Waals surface area contributed by atoms with E-state index < -0.39 is 0 Å². The molecule has 2 N–H and O–H groups in total. The zero-order chi connectivity index (χ0) is 18.5. The average molecular weight is 348 g/mol. The minimum Gasteiger partial charge on any atom is -0.497 e. The van der Waals surface area contributed by atoms with Crippen LogP contribution >= 0.6 is 0 Å². The van der Waals surface area contributed by atoms with E-state index in [0.717, 1.165) is 28.5 Å². The summed E-state index contributed by atoms with van der Waals surface area (Å²) in [5.74, 6) is 2.23. The number of aryl methyl sites for hydroxylation is 3. The van der Waals surface area contributed by atoms with Crippen LogP contribution in [0, 0.1) is 20.8 Å². The van der Waals surface area contributed by atoms with Crippen molar-refractivity contribution in [1.29, 1.82) is 0 Å². The lowest BCUT2D eigenvalue weighted by molar-refractivity contribution is 0.414. The second-order valence-corrected chi connectivity index (χ2v) is 6.36. The molecule has 0 radical (unpaired) electrons. The maximum Gasteiger partial charge on any atom is 0.225 e. The summed E-state index contributed by atoms with van der Waals surface area (Å²) >= 11 is 0. The van der Waals surface area contributed by atoms with E-state index in [-0.39, 0.29) is 0 Å². The minimum absolute atomic E-state index is 0.605. The fourth-order valence-corrected chi connectivity index (χ4v) is 2.73. The Morgan fingerprint density at radius 1 is 0.923 bits per heavy atom. The van der Waals surface area contributed by atoms with Crippen LogP contribution in [-0.2, 0) is 6.54 Å². The van der Waals surface area contributed by atoms with E-state index in [4.69, 9.17) is 4.74 Å². The first-order valence-corrected chi connectivity index (χ1v) is 8.60. The lowest BCUT2D eigenvalue weighted by Gasteiger charge is -2.12. The Bertz CT molecular complexity index is 891. The molecule has 1 heterocycles. The normalized spacial score (nSPS) is 10.5. The molecule has 0 unspecified atom stereocenters. The number of hydrogen-bond donors (Lipinski definition) is 2. The molecule has 0 bridgehead atoms. The van der Waals surface area contributed by atoms with Crippen molar-refractivity contribution in [2.45, 2.75) is 27.3 Å². The average Bonchev–Trinajstić information content (AvgIpc) is 2.62. The first-order valence-electron chi connectivity index (χ1n) is 8.60. The summed E-state index contributed by atoms with van der Waals surface area (Å²) in [6.07, 6.45) is 0. The van der Waals surface area contributed by atoms with Crippen molar-refractivity contribution in [1.82, 2.24) is 9.97 Å². The molecule has 1 aromatic heterocycles. The van der Waals surface area contributed by atoms with Crippen molar-refractivity contribution < 1.29 is 4.74 Å². The lowest BCUT2D eigenvalue weighted by Crippen LogP contribution is -2.06. The van der Waals surface area contributed by atoms with Crippen molar-refractivity contribution in [3.05, 3.63) is 70.9 Å². The van der Waals surface area contributed by atoms with Gasteiger partial charge in [-0.3, -0.25) is 0 Å². The number of rotatable bonds is 6. The quantitative estimate of drug-likeness (QED) is 0.672. The Labute approximate surface area is 154 Å². The molecular weight excluding hydrogens is 324 g/mol. The third kappa shape index (κ3) is 4.51. The van der Waals surface area contributed by atoms with Crippen LogP contribution in [0.1, 0.15) is 22.4 Å². The Hall–Kier alpha value is -3.08. The molecular formula is C21H24N4O. The van der Waals surface area contributed by atoms with Crippen molar-refractivity contribution in [3.8, 4) is 5.75 Å². The van der Waals surface area contributed by atoms with Crippen LogP contribution in [0.3, 0.4) is 0 Å². The molecule has 0 saturated heterocycles. The third-order valence-electron chi connectivity index (χ3n) is 4.11. The molecule has 0 fully saturated rings. The van der Waals surface area contributed by atoms with Crippen LogP contribution in [0.15, 0.2) is 48.5 Å². The van der Waals surface area contributed by atoms with E-state index in [1.807, 2.05) is 37.3 Å². The van der Waals surface area contributed by atoms with Gasteiger partial charge in [0.15, 0.2) is 0 Å². The van der Waals surface area contributed by atoms with Gasteiger partial charge in [0, 0.05) is 24.0 Å². The monoisotopic (exact) mass is 348 g/mol. The smallest absolute Gasteiger partial charge is 0.225 e. The number of methoxy groups -OCH3 is 1. The maximum absolute atomic E-state index is 5.18. The summed E-state index contributed by atoms with van der Waals surface area (Å²) in [4.78, 5) is 9.06. The molecule has 2 aromatic carbocycles. The van der Waals surface area contributed by atoms with Crippen LogP contribution in [-0.4, -0.2) is 17.1 Å². The van der Waals surface area contributed by atoms with Gasteiger partial charge in [0.2, 0.25) is 5.95 Å². The van der Waals surface area contributed by atoms with Gasteiger partial charge in [-0.25, -0.2) is 4.98 Å². The van der Waals surface area contributed by atoms with E-state index in [9.17, 15) is 0 Å². The zero-order valence-electron chi connectivity index (χ0n) is 15.6. The Morgan fingerprint density at radius 3 is 2.38 bits per heavy atom. The van der Waals surface area contributed by atoms with E-state index in [1.54, 1.807) is 7.11 Å². The highest BCUT2D eigenvalue weighted by molar-refractivity contribution is 5.61. The van der Waals surface area contributed by atoms with E-state index >= 15 is 0 Å². The second kappa shape index (κ2) is 7.87. The van der Waals surface area contributed by atoms with Crippen LogP contribution < -0.4 is 15.4 Å². The zero-order valence-corrected chi connectivity index (χ0v) is 15.6. The number of nitrogens with zero attached hydrogens (tertiary/aromatic N) is 2. The number of anilines is 3. The van der Waals surface area contributed by atoms with Crippen LogP contribution in [0.5, 0.6) is 5.75 Å². The Morgan fingerprint density at radius 2 is 1.69 bits per heavy atom. The van der Waals surface area contributed by atoms with Gasteiger partial charge in [-0.2, -0.15) is 4.98 Å². The third-order valence-corrected chi connectivity index (χ3v) is 4.11. The van der Waals surface area contributed by atoms with Crippen molar-refractivity contribution in [2.24, 2.45) is 0 Å². The van der Waals surface area contributed by atoms with Gasteiger partial charge in [0.1, 0.15) is 11.6 Å². The summed E-state index contributed by atoms with van der Waals surface area (Å²) in [6, 6.07) is 16.2. The summed E-state index contributed by atoms with van der Waals surface area (Å²) < 4.78 is 5.18. The van der Waals surface area contributed by atoms with E-state index in [0.29, 0.717) is 12.5 Å². The maximum atomic E-state index is 5.18. The lowest BCUT2D eigenvalue weighted by atomic mass is 10.1. The van der Waals surface area contributed by atoms with Gasteiger partial charge in [-0.1, -0.05) is 29.8 Å². The topological polar surface area (TPSA) is 59.1 Å². The summed E-state index contributed by atoms with van der Waals surface area (Å²) in [5, 5.41) is 6.67. The van der Waals surface area contributed by atoms with Crippen molar-refractivity contribution >= 4 is 17.5 Å². The van der Waals surface area contributed by atoms with Crippen LogP contribution in [0.2, 0.25) is 0 Å². The molecule has 3 aromatic rings. The molecule has 0 amide bonds. The van der Waals surface area contributed by atoms with Gasteiger partial charge in [0.05, 0.1) is 7.11 Å². The molecule has 0 saturated carbocycles. The molecule has 26 heavy (non-hydrogen) atoms. The van der Waals surface area contributed by atoms with Crippen LogP contribution in [0.25, 0.3) is 0 Å². The number of hydrogen-bond acceptors (Lipinski definition) is 5. The highest BCUT2D eigenvalue weighted by atomic mass is 16.5. The number of aromatic nitrogens is 2. The number of nitrogens with one attached hydrogen (secondary N) is 2. The molecule has 5 nitrogen and oxygen atoms in total. The van der Waals surface area contributed by atoms with Crippen LogP contribution in [0.4, 0.5) is 17.5 Å². The molecule has 0 atom stereocenters. The molecule has 0 aliphatic rings. The molecule has 0 aliphatic heterocycles. The van der Waals surface area contributed by atoms with Crippen molar-refractivity contribution in [3.63, 3.8) is 0 Å². The molecule has 0 aliphatic carbocycles. The summed E-state index contributed by atoms with van der Waals surface area (Å²) in [7, 11) is 1.66. The minimum atomic E-state index is 0.605.